The largest absolute Gasteiger partial charge is 0.493 e. The van der Waals surface area contributed by atoms with E-state index >= 15 is 0 Å². The highest BCUT2D eigenvalue weighted by Gasteiger charge is 2.18. The molecule has 8 nitrogen and oxygen atoms in total. The van der Waals surface area contributed by atoms with Crippen LogP contribution in [0.5, 0.6) is 11.5 Å². The fourth-order valence-electron chi connectivity index (χ4n) is 3.89. The lowest BCUT2D eigenvalue weighted by Gasteiger charge is -2.22. The molecule has 0 bridgehead atoms. The van der Waals surface area contributed by atoms with Crippen molar-refractivity contribution >= 4 is 27.8 Å². The third kappa shape index (κ3) is 7.70. The molecule has 0 saturated heterocycles. The highest BCUT2D eigenvalue weighted by molar-refractivity contribution is 7.92. The van der Waals surface area contributed by atoms with Gasteiger partial charge in [-0.05, 0) is 66.1 Å². The van der Waals surface area contributed by atoms with Crippen molar-refractivity contribution in [2.45, 2.75) is 20.1 Å². The molecule has 4 aromatic rings. The van der Waals surface area contributed by atoms with E-state index in [1.54, 1.807) is 49.6 Å². The first-order valence-electron chi connectivity index (χ1n) is 12.5. The molecule has 206 valence electrons. The number of benzene rings is 4. The molecule has 0 aromatic heterocycles. The number of aryl methyl sites for hydroxylation is 1. The number of ether oxygens (including phenoxy) is 2. The van der Waals surface area contributed by atoms with Crippen molar-refractivity contribution in [2.75, 3.05) is 17.7 Å². The van der Waals surface area contributed by atoms with Crippen molar-refractivity contribution in [1.29, 1.82) is 0 Å². The first-order valence-corrected chi connectivity index (χ1v) is 14.4. The second-order valence-corrected chi connectivity index (χ2v) is 11.1. The number of rotatable bonds is 11. The van der Waals surface area contributed by atoms with Crippen LogP contribution in [0.2, 0.25) is 0 Å². The molecule has 0 unspecified atom stereocenters. The maximum absolute atomic E-state index is 12.6. The number of carbonyl (C=O) groups is 1. The van der Waals surface area contributed by atoms with Gasteiger partial charge in [0, 0.05) is 5.56 Å². The lowest BCUT2D eigenvalue weighted by Crippen LogP contribution is -2.29. The Morgan fingerprint density at radius 2 is 1.60 bits per heavy atom. The van der Waals surface area contributed by atoms with Crippen LogP contribution >= 0.6 is 0 Å². The van der Waals surface area contributed by atoms with Crippen molar-refractivity contribution in [1.82, 2.24) is 5.43 Å². The molecule has 1 N–H and O–H groups in total. The molecule has 9 heteroatoms. The number of nitrogens with zero attached hydrogens (tertiary/aromatic N) is 2. The van der Waals surface area contributed by atoms with Crippen LogP contribution in [0.1, 0.15) is 32.6 Å². The molecule has 0 atom stereocenters. The standard InChI is InChI=1S/C31H31N3O5S/c1-23-9-11-24(12-10-23)21-34(40(3,36)37)28-16-14-27(15-17-28)31(35)33-32-20-26-13-18-29(30(19-26)38-2)39-22-25-7-5-4-6-8-25/h4-20H,21-22H2,1-3H3,(H,33,35)/b32-20-. The quantitative estimate of drug-likeness (QED) is 0.199. The van der Waals surface area contributed by atoms with Gasteiger partial charge in [0.2, 0.25) is 10.0 Å². The molecule has 0 aliphatic carbocycles. The number of sulfonamides is 1. The predicted molar refractivity (Wildman–Crippen MR) is 157 cm³/mol. The Labute approximate surface area is 234 Å². The zero-order valence-corrected chi connectivity index (χ0v) is 23.4. The zero-order chi connectivity index (χ0) is 28.5. The van der Waals surface area contributed by atoms with Crippen molar-refractivity contribution in [3.05, 3.63) is 125 Å². The van der Waals surface area contributed by atoms with Crippen LogP contribution in [0, 0.1) is 6.92 Å². The summed E-state index contributed by atoms with van der Waals surface area (Å²) in [5, 5.41) is 4.05. The molecule has 0 aliphatic rings. The second kappa shape index (κ2) is 12.9. The number of hydrogen-bond acceptors (Lipinski definition) is 6. The van der Waals surface area contributed by atoms with Gasteiger partial charge >= 0.3 is 0 Å². The number of amides is 1. The minimum absolute atomic E-state index is 0.189. The molecule has 4 aromatic carbocycles. The fourth-order valence-corrected chi connectivity index (χ4v) is 4.78. The van der Waals surface area contributed by atoms with Gasteiger partial charge in [-0.15, -0.1) is 0 Å². The van der Waals surface area contributed by atoms with Crippen LogP contribution < -0.4 is 19.2 Å². The number of hydrogen-bond donors (Lipinski definition) is 1. The highest BCUT2D eigenvalue weighted by atomic mass is 32.2. The topological polar surface area (TPSA) is 97.3 Å². The summed E-state index contributed by atoms with van der Waals surface area (Å²) in [6, 6.07) is 29.2. The third-order valence-corrected chi connectivity index (χ3v) is 7.21. The molecule has 40 heavy (non-hydrogen) atoms. The zero-order valence-electron chi connectivity index (χ0n) is 22.6. The van der Waals surface area contributed by atoms with Crippen molar-refractivity contribution in [2.24, 2.45) is 5.10 Å². The van der Waals surface area contributed by atoms with Crippen LogP contribution in [0.4, 0.5) is 5.69 Å². The molecule has 0 heterocycles. The van der Waals surface area contributed by atoms with E-state index in [0.29, 0.717) is 34.9 Å². The molecular weight excluding hydrogens is 526 g/mol. The van der Waals surface area contributed by atoms with Gasteiger partial charge in [0.1, 0.15) is 6.61 Å². The minimum Gasteiger partial charge on any atom is -0.493 e. The number of anilines is 1. The predicted octanol–water partition coefficient (Wildman–Crippen LogP) is 5.31. The summed E-state index contributed by atoms with van der Waals surface area (Å²) < 4.78 is 37.6. The van der Waals surface area contributed by atoms with Gasteiger partial charge in [0.15, 0.2) is 11.5 Å². The van der Waals surface area contributed by atoms with Gasteiger partial charge in [-0.2, -0.15) is 5.10 Å². The first kappa shape index (κ1) is 28.4. The van der Waals surface area contributed by atoms with Crippen LogP contribution in [-0.4, -0.2) is 33.9 Å². The molecule has 0 saturated carbocycles. The highest BCUT2D eigenvalue weighted by Crippen LogP contribution is 2.28. The smallest absolute Gasteiger partial charge is 0.271 e. The van der Waals surface area contributed by atoms with Crippen molar-refractivity contribution in [3.8, 4) is 11.5 Å². The van der Waals surface area contributed by atoms with Gasteiger partial charge in [0.25, 0.3) is 5.91 Å². The van der Waals surface area contributed by atoms with E-state index in [1.165, 1.54) is 10.5 Å². The Hall–Kier alpha value is -4.63. The SMILES string of the molecule is COc1cc(/C=N\NC(=O)c2ccc(N(Cc3ccc(C)cc3)S(C)(=O)=O)cc2)ccc1OCc1ccccc1. The van der Waals surface area contributed by atoms with Crippen LogP contribution in [0.25, 0.3) is 0 Å². The Morgan fingerprint density at radius 1 is 0.900 bits per heavy atom. The van der Waals surface area contributed by atoms with E-state index in [2.05, 4.69) is 10.5 Å². The Morgan fingerprint density at radius 3 is 2.25 bits per heavy atom. The van der Waals surface area contributed by atoms with Crippen molar-refractivity contribution < 1.29 is 22.7 Å². The molecule has 0 fully saturated rings. The van der Waals surface area contributed by atoms with Crippen LogP contribution in [-0.2, 0) is 23.2 Å². The van der Waals surface area contributed by atoms with Crippen molar-refractivity contribution in [3.63, 3.8) is 0 Å². The summed E-state index contributed by atoms with van der Waals surface area (Å²) in [4.78, 5) is 12.6. The second-order valence-electron chi connectivity index (χ2n) is 9.19. The van der Waals surface area contributed by atoms with E-state index in [-0.39, 0.29) is 6.54 Å². The maximum Gasteiger partial charge on any atom is 0.271 e. The molecule has 1 amide bonds. The van der Waals surface area contributed by atoms with E-state index in [4.69, 9.17) is 9.47 Å². The average Bonchev–Trinajstić information content (AvgIpc) is 2.96. The third-order valence-electron chi connectivity index (χ3n) is 6.07. The number of methoxy groups -OCH3 is 1. The summed E-state index contributed by atoms with van der Waals surface area (Å²) in [6.45, 7) is 2.57. The van der Waals surface area contributed by atoms with Gasteiger partial charge in [-0.1, -0.05) is 60.2 Å². The van der Waals surface area contributed by atoms with E-state index in [9.17, 15) is 13.2 Å². The molecular formula is C31H31N3O5S. The first-order chi connectivity index (χ1) is 19.2. The van der Waals surface area contributed by atoms with E-state index < -0.39 is 15.9 Å². The lowest BCUT2D eigenvalue weighted by molar-refractivity contribution is 0.0955. The Balaban J connectivity index is 1.38. The number of hydrazone groups is 1. The monoisotopic (exact) mass is 557 g/mol. The summed E-state index contributed by atoms with van der Waals surface area (Å²) in [7, 11) is -1.98. The molecule has 0 aliphatic heterocycles. The normalized spacial score (nSPS) is 11.3. The molecule has 0 radical (unpaired) electrons. The Bertz CT molecular complexity index is 1570. The summed E-state index contributed by atoms with van der Waals surface area (Å²) in [5.74, 6) is 0.711. The number of carbonyl (C=O) groups excluding carboxylic acids is 1. The fraction of sp³-hybridized carbons (Fsp3) is 0.161. The number of nitrogens with one attached hydrogen (secondary N) is 1. The molecule has 4 rings (SSSR count). The van der Waals surface area contributed by atoms with Gasteiger partial charge in [0.05, 0.1) is 31.8 Å². The maximum atomic E-state index is 12.6. The van der Waals surface area contributed by atoms with E-state index in [0.717, 1.165) is 22.9 Å². The van der Waals surface area contributed by atoms with E-state index in [1.807, 2.05) is 61.5 Å². The van der Waals surface area contributed by atoms with Crippen LogP contribution in [0.3, 0.4) is 0 Å². The average molecular weight is 558 g/mol. The van der Waals surface area contributed by atoms with Gasteiger partial charge < -0.3 is 9.47 Å². The summed E-state index contributed by atoms with van der Waals surface area (Å²) >= 11 is 0. The molecule has 0 spiro atoms. The van der Waals surface area contributed by atoms with Gasteiger partial charge in [-0.25, -0.2) is 13.8 Å². The Kier molecular flexibility index (Phi) is 9.19. The summed E-state index contributed by atoms with van der Waals surface area (Å²) in [6.07, 6.45) is 2.66. The van der Waals surface area contributed by atoms with Crippen LogP contribution in [0.15, 0.2) is 102 Å². The minimum atomic E-state index is -3.54. The van der Waals surface area contributed by atoms with Gasteiger partial charge in [-0.3, -0.25) is 9.10 Å². The summed E-state index contributed by atoms with van der Waals surface area (Å²) in [5.41, 5.74) is 7.00. The lowest BCUT2D eigenvalue weighted by atomic mass is 10.1.